The Morgan fingerprint density at radius 2 is 1.89 bits per heavy atom. The van der Waals surface area contributed by atoms with Crippen molar-refractivity contribution in [3.05, 3.63) is 0 Å². The minimum atomic E-state index is -0.797. The second kappa shape index (κ2) is 8.17. The van der Waals surface area contributed by atoms with Crippen LogP contribution in [0.4, 0.5) is 0 Å². The van der Waals surface area contributed by atoms with Crippen molar-refractivity contribution in [1.29, 1.82) is 0 Å². The van der Waals surface area contributed by atoms with Crippen molar-refractivity contribution in [2.24, 2.45) is 17.3 Å². The van der Waals surface area contributed by atoms with Crippen molar-refractivity contribution in [3.8, 4) is 0 Å². The number of nitrogens with one attached hydrogen (secondary N) is 2. The summed E-state index contributed by atoms with van der Waals surface area (Å²) in [5.41, 5.74) is 0.900. The van der Waals surface area contributed by atoms with Gasteiger partial charge in [0.1, 0.15) is 6.04 Å². The normalized spacial score (nSPS) is 27.3. The summed E-state index contributed by atoms with van der Waals surface area (Å²) in [7, 11) is 0. The molecule has 0 aromatic rings. The van der Waals surface area contributed by atoms with E-state index in [0.29, 0.717) is 25.3 Å². The summed E-state index contributed by atoms with van der Waals surface area (Å²) < 4.78 is 0. The van der Waals surface area contributed by atoms with Crippen LogP contribution in [0.25, 0.3) is 0 Å². The maximum atomic E-state index is 13.5. The van der Waals surface area contributed by atoms with E-state index in [2.05, 4.69) is 5.32 Å². The molecular weight excluding hydrogens is 346 g/mol. The monoisotopic (exact) mass is 379 g/mol. The summed E-state index contributed by atoms with van der Waals surface area (Å²) in [4.78, 5) is 40.0. The van der Waals surface area contributed by atoms with Gasteiger partial charge in [-0.1, -0.05) is 39.5 Å². The minimum Gasteiger partial charge on any atom is -0.352 e. The zero-order valence-corrected chi connectivity index (χ0v) is 16.5. The summed E-state index contributed by atoms with van der Waals surface area (Å²) in [5.74, 6) is -0.252. The molecular formula is C20H33N3O4. The van der Waals surface area contributed by atoms with E-state index in [1.165, 1.54) is 12.8 Å². The predicted octanol–water partition coefficient (Wildman–Crippen LogP) is 1.98. The second-order valence-corrected chi connectivity index (χ2v) is 9.07. The topological polar surface area (TPSA) is 98.7 Å². The number of amides is 3. The van der Waals surface area contributed by atoms with Crippen LogP contribution in [-0.2, 0) is 14.4 Å². The summed E-state index contributed by atoms with van der Waals surface area (Å²) in [6.07, 6.45) is 7.76. The molecule has 1 saturated heterocycles. The zero-order chi connectivity index (χ0) is 19.6. The van der Waals surface area contributed by atoms with Gasteiger partial charge in [0.05, 0.1) is 5.41 Å². The van der Waals surface area contributed by atoms with Gasteiger partial charge in [-0.15, -0.1) is 0 Å². The van der Waals surface area contributed by atoms with E-state index in [1.807, 2.05) is 13.8 Å². The third-order valence-corrected chi connectivity index (χ3v) is 6.48. The lowest BCUT2D eigenvalue weighted by atomic mass is 9.74. The molecule has 0 aromatic heterocycles. The smallest absolute Gasteiger partial charge is 0.244 e. The summed E-state index contributed by atoms with van der Waals surface area (Å²) in [5, 5.41) is 12.1. The summed E-state index contributed by atoms with van der Waals surface area (Å²) in [6, 6.07) is -0.249. The van der Waals surface area contributed by atoms with Gasteiger partial charge >= 0.3 is 0 Å². The highest BCUT2D eigenvalue weighted by atomic mass is 16.5. The Morgan fingerprint density at radius 3 is 2.44 bits per heavy atom. The molecule has 3 N–H and O–H groups in total. The van der Waals surface area contributed by atoms with Gasteiger partial charge in [0.15, 0.2) is 0 Å². The van der Waals surface area contributed by atoms with Gasteiger partial charge in [0, 0.05) is 19.0 Å². The zero-order valence-electron chi connectivity index (χ0n) is 16.5. The fourth-order valence-electron chi connectivity index (χ4n) is 4.97. The molecule has 2 atom stereocenters. The van der Waals surface area contributed by atoms with E-state index < -0.39 is 17.4 Å². The molecule has 7 heteroatoms. The van der Waals surface area contributed by atoms with E-state index >= 15 is 0 Å². The molecule has 7 nitrogen and oxygen atoms in total. The molecule has 0 spiro atoms. The molecule has 0 unspecified atom stereocenters. The van der Waals surface area contributed by atoms with Crippen molar-refractivity contribution in [3.63, 3.8) is 0 Å². The van der Waals surface area contributed by atoms with Crippen LogP contribution in [0.1, 0.15) is 71.6 Å². The average molecular weight is 380 g/mol. The van der Waals surface area contributed by atoms with Gasteiger partial charge in [0.25, 0.3) is 0 Å². The molecule has 1 heterocycles. The van der Waals surface area contributed by atoms with Gasteiger partial charge < -0.3 is 10.2 Å². The van der Waals surface area contributed by atoms with E-state index in [1.54, 1.807) is 10.4 Å². The fourth-order valence-corrected chi connectivity index (χ4v) is 4.97. The van der Waals surface area contributed by atoms with Gasteiger partial charge in [-0.25, -0.2) is 5.48 Å². The van der Waals surface area contributed by atoms with Gasteiger partial charge in [0.2, 0.25) is 17.7 Å². The number of likely N-dealkylation sites (tertiary alicyclic amines) is 1. The summed E-state index contributed by atoms with van der Waals surface area (Å²) >= 11 is 0. The largest absolute Gasteiger partial charge is 0.352 e. The number of hydroxylamine groups is 1. The molecule has 3 rings (SSSR count). The highest BCUT2D eigenvalue weighted by Crippen LogP contribution is 2.46. The number of hydrogen-bond acceptors (Lipinski definition) is 4. The predicted molar refractivity (Wildman–Crippen MR) is 99.7 cm³/mol. The molecule has 2 aliphatic carbocycles. The third-order valence-electron chi connectivity index (χ3n) is 6.48. The molecule has 152 valence electrons. The number of carbonyl (C=O) groups is 3. The first-order chi connectivity index (χ1) is 12.9. The molecule has 3 aliphatic rings. The molecule has 0 radical (unpaired) electrons. The Morgan fingerprint density at radius 1 is 1.22 bits per heavy atom. The lowest BCUT2D eigenvalue weighted by Gasteiger charge is -2.34. The molecule has 3 fully saturated rings. The van der Waals surface area contributed by atoms with Crippen LogP contribution in [0.15, 0.2) is 0 Å². The number of carbonyl (C=O) groups excluding carboxylic acids is 3. The van der Waals surface area contributed by atoms with Crippen LogP contribution in [-0.4, -0.2) is 46.5 Å². The SMILES string of the molecule is CC(C)[C@H](C(=O)NC1CC1)N1CC[C@](CC(=O)NO)(CC2CCCC2)C1=O. The van der Waals surface area contributed by atoms with Crippen LogP contribution >= 0.6 is 0 Å². The first-order valence-corrected chi connectivity index (χ1v) is 10.4. The first-order valence-electron chi connectivity index (χ1n) is 10.4. The molecule has 27 heavy (non-hydrogen) atoms. The van der Waals surface area contributed by atoms with Gasteiger partial charge in [-0.3, -0.25) is 19.6 Å². The molecule has 3 amide bonds. The molecule has 0 aromatic carbocycles. The van der Waals surface area contributed by atoms with Gasteiger partial charge in [-0.05, 0) is 37.5 Å². The first kappa shape index (κ1) is 20.1. The maximum Gasteiger partial charge on any atom is 0.244 e. The Balaban J connectivity index is 1.79. The van der Waals surface area contributed by atoms with Crippen LogP contribution in [0.3, 0.4) is 0 Å². The fraction of sp³-hybridized carbons (Fsp3) is 0.850. The van der Waals surface area contributed by atoms with Crippen LogP contribution in [0.5, 0.6) is 0 Å². The van der Waals surface area contributed by atoms with Crippen molar-refractivity contribution in [2.45, 2.75) is 83.7 Å². The number of rotatable bonds is 8. The van der Waals surface area contributed by atoms with Crippen LogP contribution in [0, 0.1) is 17.3 Å². The molecule has 2 saturated carbocycles. The van der Waals surface area contributed by atoms with Crippen molar-refractivity contribution in [1.82, 2.24) is 15.7 Å². The Labute approximate surface area is 161 Å². The van der Waals surface area contributed by atoms with Crippen molar-refractivity contribution >= 4 is 17.7 Å². The minimum absolute atomic E-state index is 0.00153. The standard InChI is InChI=1S/C20H33N3O4/c1-13(2)17(18(25)21-15-7-8-15)23-10-9-20(19(23)26,12-16(24)22-27)11-14-5-3-4-6-14/h13-15,17,27H,3-12H2,1-2H3,(H,21,25)(H,22,24)/t17-,20-/m1/s1. The van der Waals surface area contributed by atoms with Crippen LogP contribution in [0.2, 0.25) is 0 Å². The Hall–Kier alpha value is -1.63. The molecule has 1 aliphatic heterocycles. The third kappa shape index (κ3) is 4.45. The molecule has 0 bridgehead atoms. The van der Waals surface area contributed by atoms with Crippen LogP contribution < -0.4 is 10.8 Å². The van der Waals surface area contributed by atoms with E-state index in [-0.39, 0.29) is 30.2 Å². The summed E-state index contributed by atoms with van der Waals surface area (Å²) in [6.45, 7) is 4.41. The van der Waals surface area contributed by atoms with E-state index in [4.69, 9.17) is 5.21 Å². The second-order valence-electron chi connectivity index (χ2n) is 9.07. The highest BCUT2D eigenvalue weighted by Gasteiger charge is 2.52. The number of nitrogens with zero attached hydrogens (tertiary/aromatic N) is 1. The van der Waals surface area contributed by atoms with E-state index in [0.717, 1.165) is 25.7 Å². The average Bonchev–Trinajstić information content (AvgIpc) is 3.19. The Bertz CT molecular complexity index is 584. The van der Waals surface area contributed by atoms with Crippen molar-refractivity contribution < 1.29 is 19.6 Å². The number of hydrogen-bond donors (Lipinski definition) is 3. The van der Waals surface area contributed by atoms with Gasteiger partial charge in [-0.2, -0.15) is 0 Å². The lowest BCUT2D eigenvalue weighted by Crippen LogP contribution is -2.52. The maximum absolute atomic E-state index is 13.5. The highest BCUT2D eigenvalue weighted by molar-refractivity contribution is 5.94. The quantitative estimate of drug-likeness (QED) is 0.444. The van der Waals surface area contributed by atoms with E-state index in [9.17, 15) is 14.4 Å². The Kier molecular flexibility index (Phi) is 6.08. The van der Waals surface area contributed by atoms with Crippen molar-refractivity contribution in [2.75, 3.05) is 6.54 Å². The lowest BCUT2D eigenvalue weighted by molar-refractivity contribution is -0.148.